The van der Waals surface area contributed by atoms with E-state index in [0.29, 0.717) is 17.5 Å². The van der Waals surface area contributed by atoms with E-state index in [1.165, 1.54) is 16.2 Å². The number of hydrogen-bond donors (Lipinski definition) is 0. The van der Waals surface area contributed by atoms with Crippen molar-refractivity contribution >= 4 is 65.7 Å². The number of para-hydroxylation sites is 2. The van der Waals surface area contributed by atoms with Crippen molar-refractivity contribution in [1.29, 1.82) is 0 Å². The summed E-state index contributed by atoms with van der Waals surface area (Å²) in [5.41, 5.74) is 10.4. The molecule has 6 aromatic carbocycles. The van der Waals surface area contributed by atoms with Crippen LogP contribution < -0.4 is 0 Å². The number of allylic oxidation sites excluding steroid dienone is 4. The van der Waals surface area contributed by atoms with Crippen LogP contribution in [0.4, 0.5) is 0 Å². The van der Waals surface area contributed by atoms with E-state index in [4.69, 9.17) is 19.9 Å². The molecule has 0 radical (unpaired) electrons. The van der Waals surface area contributed by atoms with E-state index < -0.39 is 0 Å². The molecular formula is C46H30N6. The van der Waals surface area contributed by atoms with Crippen LogP contribution in [0.15, 0.2) is 158 Å². The smallest absolute Gasteiger partial charge is 0.164 e. The third-order valence-corrected chi connectivity index (χ3v) is 10.3. The first-order valence-corrected chi connectivity index (χ1v) is 17.7. The minimum Gasteiger partial charge on any atom is -0.309 e. The van der Waals surface area contributed by atoms with Gasteiger partial charge in [-0.1, -0.05) is 121 Å². The average molecular weight is 667 g/mol. The lowest BCUT2D eigenvalue weighted by molar-refractivity contribution is 1.01. The monoisotopic (exact) mass is 666 g/mol. The van der Waals surface area contributed by atoms with Gasteiger partial charge in [0.1, 0.15) is 5.65 Å². The maximum Gasteiger partial charge on any atom is 0.164 e. The van der Waals surface area contributed by atoms with Crippen LogP contribution >= 0.6 is 0 Å². The van der Waals surface area contributed by atoms with Crippen molar-refractivity contribution in [2.75, 3.05) is 0 Å². The molecule has 0 fully saturated rings. The van der Waals surface area contributed by atoms with Crippen LogP contribution in [0.3, 0.4) is 0 Å². The van der Waals surface area contributed by atoms with Crippen LogP contribution in [0, 0.1) is 0 Å². The lowest BCUT2D eigenvalue weighted by Crippen LogP contribution is -2.03. The molecule has 52 heavy (non-hydrogen) atoms. The summed E-state index contributed by atoms with van der Waals surface area (Å²) in [6, 6.07) is 49.2. The first kappa shape index (κ1) is 28.9. The Morgan fingerprint density at radius 1 is 0.442 bits per heavy atom. The molecule has 11 rings (SSSR count). The molecule has 4 aromatic heterocycles. The molecule has 0 unspecified atom stereocenters. The van der Waals surface area contributed by atoms with E-state index in [1.54, 1.807) is 0 Å². The maximum absolute atomic E-state index is 5.29. The van der Waals surface area contributed by atoms with Gasteiger partial charge < -0.3 is 4.57 Å². The summed E-state index contributed by atoms with van der Waals surface area (Å²) >= 11 is 0. The van der Waals surface area contributed by atoms with Crippen LogP contribution in [0.5, 0.6) is 0 Å². The molecule has 6 nitrogen and oxygen atoms in total. The normalized spacial score (nSPS) is 13.3. The standard InChI is InChI=1S/C46H30N6/c1-3-14-29(15-4-1)43-48-44(30-16-5-2-6-17-30)50-45(49-43)31-18-13-19-32(26-31)51-39-24-11-10-22-35(39)37-27-38-42(28-41(37)51)52-40-25-12-9-21-34(40)33-20-7-8-23-36(33)46(52)47-38/h1,3-5,7-28H,2,6H2. The molecule has 0 aliphatic heterocycles. The Morgan fingerprint density at radius 3 is 1.92 bits per heavy atom. The minimum absolute atomic E-state index is 0.647. The summed E-state index contributed by atoms with van der Waals surface area (Å²) in [5.74, 6) is 2.00. The van der Waals surface area contributed by atoms with Gasteiger partial charge in [-0.3, -0.25) is 4.40 Å². The fraction of sp³-hybridized carbons (Fsp3) is 0.0435. The van der Waals surface area contributed by atoms with Gasteiger partial charge in [0, 0.05) is 43.9 Å². The van der Waals surface area contributed by atoms with Gasteiger partial charge in [-0.05, 0) is 54.6 Å². The van der Waals surface area contributed by atoms with Gasteiger partial charge in [0.2, 0.25) is 0 Å². The molecule has 0 saturated carbocycles. The highest BCUT2D eigenvalue weighted by Gasteiger charge is 2.19. The number of fused-ring (bicyclic) bond motifs is 11. The topological polar surface area (TPSA) is 60.9 Å². The molecule has 4 heterocycles. The molecule has 0 atom stereocenters. The first-order valence-electron chi connectivity index (χ1n) is 17.7. The van der Waals surface area contributed by atoms with Crippen molar-refractivity contribution in [2.45, 2.75) is 12.8 Å². The Labute approximate surface area is 298 Å². The zero-order chi connectivity index (χ0) is 34.2. The average Bonchev–Trinajstić information content (AvgIpc) is 3.76. The summed E-state index contributed by atoms with van der Waals surface area (Å²) < 4.78 is 4.69. The number of hydrogen-bond acceptors (Lipinski definition) is 4. The number of aromatic nitrogens is 6. The van der Waals surface area contributed by atoms with E-state index in [1.807, 2.05) is 18.2 Å². The second kappa shape index (κ2) is 11.3. The lowest BCUT2D eigenvalue weighted by Gasteiger charge is -2.12. The van der Waals surface area contributed by atoms with Gasteiger partial charge in [-0.15, -0.1) is 0 Å². The Hall–Kier alpha value is -6.92. The third kappa shape index (κ3) is 4.37. The van der Waals surface area contributed by atoms with Gasteiger partial charge >= 0.3 is 0 Å². The Bertz CT molecular complexity index is 3130. The SMILES string of the molecule is C1=CC(c2nc(-c3ccccc3)nc(-c3cccc(-n4c5ccccc5c5cc6nc7c8ccccc8c8ccccc8n7c6cc54)c3)n2)=CCC1. The molecule has 244 valence electrons. The van der Waals surface area contributed by atoms with Crippen LogP contribution in [-0.4, -0.2) is 28.9 Å². The number of pyridine rings is 1. The zero-order valence-electron chi connectivity index (χ0n) is 28.1. The number of nitrogens with zero attached hydrogens (tertiary/aromatic N) is 6. The van der Waals surface area contributed by atoms with Gasteiger partial charge in [-0.2, -0.15) is 0 Å². The predicted molar refractivity (Wildman–Crippen MR) is 213 cm³/mol. The minimum atomic E-state index is 0.647. The van der Waals surface area contributed by atoms with Crippen molar-refractivity contribution in [2.24, 2.45) is 0 Å². The van der Waals surface area contributed by atoms with Crippen LogP contribution in [0.25, 0.3) is 94.2 Å². The molecule has 1 aliphatic rings. The van der Waals surface area contributed by atoms with Crippen molar-refractivity contribution < 1.29 is 0 Å². The van der Waals surface area contributed by atoms with Gasteiger partial charge in [0.05, 0.1) is 27.6 Å². The molecule has 0 amide bonds. The molecule has 1 aliphatic carbocycles. The highest BCUT2D eigenvalue weighted by atomic mass is 15.0. The van der Waals surface area contributed by atoms with Crippen LogP contribution in [-0.2, 0) is 0 Å². The van der Waals surface area contributed by atoms with Gasteiger partial charge in [-0.25, -0.2) is 19.9 Å². The summed E-state index contributed by atoms with van der Waals surface area (Å²) in [6.07, 6.45) is 8.54. The van der Waals surface area contributed by atoms with E-state index in [9.17, 15) is 0 Å². The number of rotatable bonds is 4. The van der Waals surface area contributed by atoms with Crippen LogP contribution in [0.2, 0.25) is 0 Å². The highest BCUT2D eigenvalue weighted by molar-refractivity contribution is 6.17. The van der Waals surface area contributed by atoms with E-state index in [2.05, 4.69) is 149 Å². The molecular weight excluding hydrogens is 637 g/mol. The second-order valence-corrected chi connectivity index (χ2v) is 13.4. The first-order chi connectivity index (χ1) is 25.8. The fourth-order valence-electron chi connectivity index (χ4n) is 7.97. The summed E-state index contributed by atoms with van der Waals surface area (Å²) in [7, 11) is 0. The van der Waals surface area contributed by atoms with Crippen molar-refractivity contribution in [3.05, 3.63) is 164 Å². The van der Waals surface area contributed by atoms with E-state index in [0.717, 1.165) is 79.2 Å². The second-order valence-electron chi connectivity index (χ2n) is 13.4. The Kier molecular flexibility index (Phi) is 6.28. The lowest BCUT2D eigenvalue weighted by atomic mass is 10.1. The highest BCUT2D eigenvalue weighted by Crippen LogP contribution is 2.38. The molecule has 6 heteroatoms. The van der Waals surface area contributed by atoms with Gasteiger partial charge in [0.25, 0.3) is 0 Å². The molecule has 0 spiro atoms. The van der Waals surface area contributed by atoms with Crippen molar-refractivity contribution in [1.82, 2.24) is 28.9 Å². The zero-order valence-corrected chi connectivity index (χ0v) is 28.1. The molecule has 0 N–H and O–H groups in total. The van der Waals surface area contributed by atoms with Crippen molar-refractivity contribution in [3.8, 4) is 28.5 Å². The predicted octanol–water partition coefficient (Wildman–Crippen LogP) is 11.1. The van der Waals surface area contributed by atoms with Crippen molar-refractivity contribution in [3.63, 3.8) is 0 Å². The fourth-order valence-corrected chi connectivity index (χ4v) is 7.97. The Balaban J connectivity index is 1.16. The largest absolute Gasteiger partial charge is 0.309 e. The van der Waals surface area contributed by atoms with Gasteiger partial charge in [0.15, 0.2) is 17.5 Å². The quantitative estimate of drug-likeness (QED) is 0.175. The van der Waals surface area contributed by atoms with Crippen LogP contribution in [0.1, 0.15) is 18.7 Å². The summed E-state index contributed by atoms with van der Waals surface area (Å²) in [6.45, 7) is 0. The summed E-state index contributed by atoms with van der Waals surface area (Å²) in [4.78, 5) is 20.3. The number of benzene rings is 6. The van der Waals surface area contributed by atoms with E-state index in [-0.39, 0.29) is 0 Å². The molecule has 10 aromatic rings. The molecule has 0 saturated heterocycles. The number of imidazole rings is 1. The van der Waals surface area contributed by atoms with E-state index >= 15 is 0 Å². The summed E-state index contributed by atoms with van der Waals surface area (Å²) in [5, 5.41) is 5.92. The Morgan fingerprint density at radius 2 is 1.12 bits per heavy atom. The maximum atomic E-state index is 5.29. The third-order valence-electron chi connectivity index (χ3n) is 10.3. The molecule has 0 bridgehead atoms.